The van der Waals surface area contributed by atoms with Crippen LogP contribution in [-0.4, -0.2) is 20.7 Å². The minimum atomic E-state index is -0.154. The van der Waals surface area contributed by atoms with E-state index >= 15 is 0 Å². The fraction of sp³-hybridized carbons (Fsp3) is 0. The molecule has 1 amide bonds. The van der Waals surface area contributed by atoms with Gasteiger partial charge in [0.15, 0.2) is 0 Å². The highest BCUT2D eigenvalue weighted by Crippen LogP contribution is 2.16. The molecule has 0 aliphatic carbocycles. The zero-order chi connectivity index (χ0) is 16.4. The molecule has 0 saturated carbocycles. The number of carbonyl (C=O) groups is 1. The van der Waals surface area contributed by atoms with Crippen molar-refractivity contribution in [2.75, 3.05) is 5.32 Å². The number of carbonyl (C=O) groups excluding carboxylic acids is 1. The van der Waals surface area contributed by atoms with Gasteiger partial charge in [-0.3, -0.25) is 9.78 Å². The number of amides is 1. The van der Waals surface area contributed by atoms with Crippen LogP contribution in [0.4, 0.5) is 5.69 Å². The number of hydrogen-bond donors (Lipinski definition) is 1. The normalized spacial score (nSPS) is 10.7. The van der Waals surface area contributed by atoms with Crippen molar-refractivity contribution in [1.29, 1.82) is 0 Å². The molecule has 2 heterocycles. The quantitative estimate of drug-likeness (QED) is 0.627. The van der Waals surface area contributed by atoms with Gasteiger partial charge in [-0.1, -0.05) is 18.2 Å². The zero-order valence-electron chi connectivity index (χ0n) is 12.8. The molecule has 2 aromatic heterocycles. The Labute approximate surface area is 138 Å². The van der Waals surface area contributed by atoms with E-state index in [1.54, 1.807) is 36.7 Å². The van der Waals surface area contributed by atoms with Crippen LogP contribution in [0.2, 0.25) is 0 Å². The molecule has 0 aliphatic rings. The van der Waals surface area contributed by atoms with Crippen LogP contribution in [0, 0.1) is 0 Å². The second-order valence-electron chi connectivity index (χ2n) is 5.37. The van der Waals surface area contributed by atoms with Crippen molar-refractivity contribution < 1.29 is 4.79 Å². The summed E-state index contributed by atoms with van der Waals surface area (Å²) in [4.78, 5) is 16.2. The first-order valence-electron chi connectivity index (χ1n) is 7.56. The minimum absolute atomic E-state index is 0.154. The van der Waals surface area contributed by atoms with Crippen molar-refractivity contribution in [3.8, 4) is 5.69 Å². The second-order valence-corrected chi connectivity index (χ2v) is 5.37. The zero-order valence-corrected chi connectivity index (χ0v) is 12.8. The van der Waals surface area contributed by atoms with Gasteiger partial charge >= 0.3 is 0 Å². The SMILES string of the molecule is O=C(Nc1ccncc1)c1ccc(-n2cc3ccccc3n2)cc1. The Balaban J connectivity index is 1.57. The van der Waals surface area contributed by atoms with Gasteiger partial charge in [0.05, 0.1) is 11.2 Å². The predicted octanol–water partition coefficient (Wildman–Crippen LogP) is 3.67. The third-order valence-corrected chi connectivity index (χ3v) is 3.75. The van der Waals surface area contributed by atoms with Crippen LogP contribution < -0.4 is 5.32 Å². The highest BCUT2D eigenvalue weighted by Gasteiger charge is 2.07. The molecule has 0 bridgehead atoms. The number of rotatable bonds is 3. The van der Waals surface area contributed by atoms with Gasteiger partial charge in [-0.05, 0) is 42.5 Å². The monoisotopic (exact) mass is 314 g/mol. The van der Waals surface area contributed by atoms with Gasteiger partial charge in [-0.15, -0.1) is 0 Å². The van der Waals surface area contributed by atoms with Crippen molar-refractivity contribution in [2.24, 2.45) is 0 Å². The lowest BCUT2D eigenvalue weighted by Crippen LogP contribution is -2.11. The molecule has 0 radical (unpaired) electrons. The van der Waals surface area contributed by atoms with Gasteiger partial charge in [0.2, 0.25) is 0 Å². The summed E-state index contributed by atoms with van der Waals surface area (Å²) >= 11 is 0. The van der Waals surface area contributed by atoms with Crippen molar-refractivity contribution >= 4 is 22.5 Å². The number of aromatic nitrogens is 3. The van der Waals surface area contributed by atoms with Crippen molar-refractivity contribution in [3.63, 3.8) is 0 Å². The third-order valence-electron chi connectivity index (χ3n) is 3.75. The summed E-state index contributed by atoms with van der Waals surface area (Å²) in [6, 6.07) is 18.8. The molecule has 0 saturated heterocycles. The van der Waals surface area contributed by atoms with Gasteiger partial charge in [0.1, 0.15) is 0 Å². The number of hydrogen-bond acceptors (Lipinski definition) is 3. The Morgan fingerprint density at radius 3 is 2.42 bits per heavy atom. The lowest BCUT2D eigenvalue weighted by molar-refractivity contribution is 0.102. The van der Waals surface area contributed by atoms with E-state index < -0.39 is 0 Å². The number of fused-ring (bicyclic) bond motifs is 1. The molecule has 0 unspecified atom stereocenters. The maximum absolute atomic E-state index is 12.2. The van der Waals surface area contributed by atoms with Crippen LogP contribution in [0.3, 0.4) is 0 Å². The Morgan fingerprint density at radius 2 is 1.67 bits per heavy atom. The van der Waals surface area contributed by atoms with Gasteiger partial charge in [-0.2, -0.15) is 5.10 Å². The van der Waals surface area contributed by atoms with E-state index in [0.717, 1.165) is 22.3 Å². The average Bonchev–Trinajstić information content (AvgIpc) is 3.07. The third kappa shape index (κ3) is 2.75. The van der Waals surface area contributed by atoms with E-state index in [-0.39, 0.29) is 5.91 Å². The van der Waals surface area contributed by atoms with Crippen molar-refractivity contribution in [1.82, 2.24) is 14.8 Å². The summed E-state index contributed by atoms with van der Waals surface area (Å²) in [5, 5.41) is 8.45. The molecule has 0 fully saturated rings. The first-order chi connectivity index (χ1) is 11.8. The van der Waals surface area contributed by atoms with E-state index in [9.17, 15) is 4.79 Å². The molecular weight excluding hydrogens is 300 g/mol. The van der Waals surface area contributed by atoms with Crippen LogP contribution in [0.15, 0.2) is 79.3 Å². The molecule has 116 valence electrons. The summed E-state index contributed by atoms with van der Waals surface area (Å²) in [5.41, 5.74) is 3.16. The van der Waals surface area contributed by atoms with E-state index in [2.05, 4.69) is 15.4 Å². The molecule has 5 heteroatoms. The summed E-state index contributed by atoms with van der Waals surface area (Å²) in [5.74, 6) is -0.154. The molecule has 1 N–H and O–H groups in total. The standard InChI is InChI=1S/C19H14N4O/c24-19(21-16-9-11-20-12-10-16)14-5-7-17(8-6-14)23-13-15-3-1-2-4-18(15)22-23/h1-13H,(H,20,21,24). The number of nitrogens with zero attached hydrogens (tertiary/aromatic N) is 3. The smallest absolute Gasteiger partial charge is 0.255 e. The average molecular weight is 314 g/mol. The van der Waals surface area contributed by atoms with E-state index in [0.29, 0.717) is 5.56 Å². The molecule has 24 heavy (non-hydrogen) atoms. The fourth-order valence-electron chi connectivity index (χ4n) is 2.50. The molecule has 4 aromatic rings. The van der Waals surface area contributed by atoms with E-state index in [1.807, 2.05) is 47.3 Å². The summed E-state index contributed by atoms with van der Waals surface area (Å²) in [6.45, 7) is 0. The van der Waals surface area contributed by atoms with E-state index in [1.165, 1.54) is 0 Å². The van der Waals surface area contributed by atoms with Gasteiger partial charge in [-0.25, -0.2) is 4.68 Å². The number of pyridine rings is 1. The first-order valence-corrected chi connectivity index (χ1v) is 7.56. The summed E-state index contributed by atoms with van der Waals surface area (Å²) < 4.78 is 1.81. The van der Waals surface area contributed by atoms with Crippen LogP contribution in [0.25, 0.3) is 16.6 Å². The molecule has 0 atom stereocenters. The fourth-order valence-corrected chi connectivity index (χ4v) is 2.50. The Hall–Kier alpha value is -3.47. The molecule has 2 aromatic carbocycles. The minimum Gasteiger partial charge on any atom is -0.322 e. The maximum atomic E-state index is 12.2. The Morgan fingerprint density at radius 1 is 0.917 bits per heavy atom. The first kappa shape index (κ1) is 14.1. The lowest BCUT2D eigenvalue weighted by Gasteiger charge is -2.06. The van der Waals surface area contributed by atoms with Crippen LogP contribution >= 0.6 is 0 Å². The largest absolute Gasteiger partial charge is 0.322 e. The van der Waals surface area contributed by atoms with Gasteiger partial charge < -0.3 is 5.32 Å². The molecule has 4 rings (SSSR count). The molecule has 5 nitrogen and oxygen atoms in total. The second kappa shape index (κ2) is 5.96. The Kier molecular flexibility index (Phi) is 3.51. The van der Waals surface area contributed by atoms with Crippen molar-refractivity contribution in [3.05, 3.63) is 84.8 Å². The lowest BCUT2D eigenvalue weighted by atomic mass is 10.2. The van der Waals surface area contributed by atoms with Crippen LogP contribution in [0.5, 0.6) is 0 Å². The maximum Gasteiger partial charge on any atom is 0.255 e. The topological polar surface area (TPSA) is 59.8 Å². The number of nitrogens with one attached hydrogen (secondary N) is 1. The van der Waals surface area contributed by atoms with Gasteiger partial charge in [0.25, 0.3) is 5.91 Å². The molecule has 0 spiro atoms. The summed E-state index contributed by atoms with van der Waals surface area (Å²) in [7, 11) is 0. The number of benzene rings is 2. The van der Waals surface area contributed by atoms with E-state index in [4.69, 9.17) is 0 Å². The van der Waals surface area contributed by atoms with Crippen LogP contribution in [-0.2, 0) is 0 Å². The Bertz CT molecular complexity index is 958. The van der Waals surface area contributed by atoms with Crippen molar-refractivity contribution in [2.45, 2.75) is 0 Å². The highest BCUT2D eigenvalue weighted by molar-refractivity contribution is 6.04. The molecular formula is C19H14N4O. The summed E-state index contributed by atoms with van der Waals surface area (Å²) in [6.07, 6.45) is 5.25. The molecule has 0 aliphatic heterocycles. The van der Waals surface area contributed by atoms with Gasteiger partial charge in [0, 0.05) is 35.2 Å². The number of anilines is 1. The highest BCUT2D eigenvalue weighted by atomic mass is 16.1. The van der Waals surface area contributed by atoms with Crippen LogP contribution in [0.1, 0.15) is 10.4 Å². The predicted molar refractivity (Wildman–Crippen MR) is 93.3 cm³/mol.